The molecular formula is C18H24N2O2. The van der Waals surface area contributed by atoms with E-state index >= 15 is 0 Å². The van der Waals surface area contributed by atoms with Gasteiger partial charge in [-0.3, -0.25) is 14.7 Å². The molecule has 0 radical (unpaired) electrons. The lowest BCUT2D eigenvalue weighted by Crippen LogP contribution is -2.33. The lowest BCUT2D eigenvalue weighted by molar-refractivity contribution is -0.142. The van der Waals surface area contributed by atoms with Crippen molar-refractivity contribution >= 4 is 5.97 Å². The van der Waals surface area contributed by atoms with E-state index in [-0.39, 0.29) is 5.97 Å². The van der Waals surface area contributed by atoms with Gasteiger partial charge in [0, 0.05) is 24.9 Å². The predicted octanol–water partition coefficient (Wildman–Crippen LogP) is 2.96. The summed E-state index contributed by atoms with van der Waals surface area (Å²) < 4.78 is 4.89. The predicted molar refractivity (Wildman–Crippen MR) is 86.0 cm³/mol. The first kappa shape index (κ1) is 16.5. The summed E-state index contributed by atoms with van der Waals surface area (Å²) in [6.07, 6.45) is 8.37. The molecule has 0 aliphatic carbocycles. The summed E-state index contributed by atoms with van der Waals surface area (Å²) in [6, 6.07) is 4.55. The van der Waals surface area contributed by atoms with Crippen LogP contribution in [0.3, 0.4) is 0 Å². The van der Waals surface area contributed by atoms with E-state index < -0.39 is 0 Å². The van der Waals surface area contributed by atoms with Crippen LogP contribution in [0.5, 0.6) is 0 Å². The average molecular weight is 300 g/mol. The van der Waals surface area contributed by atoms with Gasteiger partial charge in [-0.25, -0.2) is 0 Å². The van der Waals surface area contributed by atoms with Crippen molar-refractivity contribution in [3.63, 3.8) is 0 Å². The van der Waals surface area contributed by atoms with Crippen LogP contribution in [0, 0.1) is 11.8 Å². The Balaban J connectivity index is 1.84. The number of rotatable bonds is 5. The zero-order valence-corrected chi connectivity index (χ0v) is 13.3. The molecule has 1 fully saturated rings. The van der Waals surface area contributed by atoms with Crippen LogP contribution in [0.1, 0.15) is 50.6 Å². The normalized spacial score (nSPS) is 18.3. The molecule has 2 heterocycles. The fourth-order valence-corrected chi connectivity index (χ4v) is 2.77. The number of hydrogen-bond acceptors (Lipinski definition) is 4. The summed E-state index contributed by atoms with van der Waals surface area (Å²) in [4.78, 5) is 17.9. The first-order valence-corrected chi connectivity index (χ1v) is 8.06. The van der Waals surface area contributed by atoms with Gasteiger partial charge < -0.3 is 4.74 Å². The number of pyridine rings is 1. The minimum atomic E-state index is -0.164. The van der Waals surface area contributed by atoms with E-state index in [1.54, 1.807) is 0 Å². The number of carbonyl (C=O) groups excluding carboxylic acids is 1. The highest BCUT2D eigenvalue weighted by atomic mass is 16.5. The van der Waals surface area contributed by atoms with Crippen molar-refractivity contribution < 1.29 is 9.53 Å². The minimum absolute atomic E-state index is 0.164. The van der Waals surface area contributed by atoms with E-state index in [9.17, 15) is 4.79 Å². The van der Waals surface area contributed by atoms with Crippen LogP contribution >= 0.6 is 0 Å². The zero-order valence-electron chi connectivity index (χ0n) is 13.3. The average Bonchev–Trinajstić information content (AvgIpc) is 2.56. The topological polar surface area (TPSA) is 42.4 Å². The monoisotopic (exact) mass is 300 g/mol. The number of aromatic nitrogens is 1. The molecule has 0 unspecified atom stereocenters. The van der Waals surface area contributed by atoms with Gasteiger partial charge >= 0.3 is 5.97 Å². The van der Waals surface area contributed by atoms with Crippen LogP contribution in [0.25, 0.3) is 0 Å². The number of piperidine rings is 1. The molecule has 4 heteroatoms. The van der Waals surface area contributed by atoms with Gasteiger partial charge in [0.05, 0.1) is 19.6 Å². The van der Waals surface area contributed by atoms with Crippen molar-refractivity contribution in [2.45, 2.75) is 45.1 Å². The van der Waals surface area contributed by atoms with Crippen molar-refractivity contribution in [1.82, 2.24) is 9.88 Å². The molecule has 2 rings (SSSR count). The number of ether oxygens (including phenoxy) is 1. The summed E-state index contributed by atoms with van der Waals surface area (Å²) in [5.74, 6) is 6.12. The number of hydrogen-bond donors (Lipinski definition) is 0. The first-order chi connectivity index (χ1) is 10.8. The molecule has 1 aliphatic heterocycles. The van der Waals surface area contributed by atoms with Crippen molar-refractivity contribution in [2.75, 3.05) is 19.7 Å². The second kappa shape index (κ2) is 9.22. The highest BCUT2D eigenvalue weighted by molar-refractivity contribution is 5.69. The molecule has 0 spiro atoms. The van der Waals surface area contributed by atoms with E-state index in [0.29, 0.717) is 25.5 Å². The summed E-state index contributed by atoms with van der Waals surface area (Å²) in [7, 11) is 0. The molecule has 0 saturated carbocycles. The highest BCUT2D eigenvalue weighted by Gasteiger charge is 2.22. The Hall–Kier alpha value is -1.86. The molecule has 0 aromatic carbocycles. The Bertz CT molecular complexity index is 519. The molecule has 0 bridgehead atoms. The van der Waals surface area contributed by atoms with Crippen LogP contribution in [0.4, 0.5) is 0 Å². The van der Waals surface area contributed by atoms with Crippen LogP contribution in [-0.2, 0) is 9.53 Å². The maximum atomic E-state index is 11.2. The Kier molecular flexibility index (Phi) is 6.92. The SMILES string of the molecule is CCOC(=O)CCC#CCN1CCCC[C@H]1c1cccnc1. The van der Waals surface area contributed by atoms with Gasteiger partial charge in [-0.2, -0.15) is 0 Å². The van der Waals surface area contributed by atoms with Gasteiger partial charge in [-0.1, -0.05) is 18.4 Å². The standard InChI is InChI=1S/C18H24N2O2/c1-2-22-18(21)11-4-3-6-13-20-14-7-5-10-17(20)16-9-8-12-19-15-16/h8-9,12,15,17H,2,4-5,7,10-11,13-14H2,1H3/t17-/m0/s1. The number of carbonyl (C=O) groups is 1. The van der Waals surface area contributed by atoms with Gasteiger partial charge in [0.1, 0.15) is 0 Å². The molecule has 0 N–H and O–H groups in total. The fraction of sp³-hybridized carbons (Fsp3) is 0.556. The lowest BCUT2D eigenvalue weighted by atomic mass is 9.96. The summed E-state index contributed by atoms with van der Waals surface area (Å²) in [6.45, 7) is 4.08. The minimum Gasteiger partial charge on any atom is -0.466 e. The maximum Gasteiger partial charge on any atom is 0.306 e. The molecule has 1 aliphatic rings. The third-order valence-corrected chi connectivity index (χ3v) is 3.85. The molecule has 118 valence electrons. The Morgan fingerprint density at radius 1 is 1.45 bits per heavy atom. The van der Waals surface area contributed by atoms with Gasteiger partial charge in [0.2, 0.25) is 0 Å². The molecule has 1 saturated heterocycles. The molecule has 4 nitrogen and oxygen atoms in total. The van der Waals surface area contributed by atoms with E-state index in [2.05, 4.69) is 27.8 Å². The van der Waals surface area contributed by atoms with Crippen molar-refractivity contribution in [2.24, 2.45) is 0 Å². The van der Waals surface area contributed by atoms with Crippen LogP contribution in [-0.4, -0.2) is 35.5 Å². The summed E-state index contributed by atoms with van der Waals surface area (Å²) in [5, 5.41) is 0. The van der Waals surface area contributed by atoms with Crippen molar-refractivity contribution in [3.8, 4) is 11.8 Å². The Labute approximate surface area is 132 Å². The van der Waals surface area contributed by atoms with Gasteiger partial charge in [-0.05, 0) is 37.9 Å². The van der Waals surface area contributed by atoms with Gasteiger partial charge in [0.25, 0.3) is 0 Å². The summed E-state index contributed by atoms with van der Waals surface area (Å²) in [5.41, 5.74) is 1.27. The van der Waals surface area contributed by atoms with E-state index in [1.807, 2.05) is 25.4 Å². The van der Waals surface area contributed by atoms with Crippen molar-refractivity contribution in [3.05, 3.63) is 30.1 Å². The van der Waals surface area contributed by atoms with Crippen molar-refractivity contribution in [1.29, 1.82) is 0 Å². The largest absolute Gasteiger partial charge is 0.466 e. The van der Waals surface area contributed by atoms with Gasteiger partial charge in [0.15, 0.2) is 0 Å². The number of likely N-dealkylation sites (tertiary alicyclic amines) is 1. The third-order valence-electron chi connectivity index (χ3n) is 3.85. The van der Waals surface area contributed by atoms with E-state index in [1.165, 1.54) is 18.4 Å². The molecule has 0 amide bonds. The molecule has 1 aromatic rings. The number of esters is 1. The zero-order chi connectivity index (χ0) is 15.6. The lowest BCUT2D eigenvalue weighted by Gasteiger charge is -2.34. The van der Waals surface area contributed by atoms with Crippen LogP contribution in [0.2, 0.25) is 0 Å². The number of nitrogens with zero attached hydrogens (tertiary/aromatic N) is 2. The Morgan fingerprint density at radius 3 is 3.14 bits per heavy atom. The van der Waals surface area contributed by atoms with E-state index in [0.717, 1.165) is 19.5 Å². The quantitative estimate of drug-likeness (QED) is 0.619. The third kappa shape index (κ3) is 5.16. The maximum absolute atomic E-state index is 11.2. The first-order valence-electron chi connectivity index (χ1n) is 8.06. The van der Waals surface area contributed by atoms with Crippen LogP contribution in [0.15, 0.2) is 24.5 Å². The second-order valence-electron chi connectivity index (χ2n) is 5.43. The van der Waals surface area contributed by atoms with E-state index in [4.69, 9.17) is 4.74 Å². The second-order valence-corrected chi connectivity index (χ2v) is 5.43. The molecule has 1 aromatic heterocycles. The van der Waals surface area contributed by atoms with Crippen LogP contribution < -0.4 is 0 Å². The summed E-state index contributed by atoms with van der Waals surface area (Å²) >= 11 is 0. The molecule has 22 heavy (non-hydrogen) atoms. The molecule has 1 atom stereocenters. The smallest absolute Gasteiger partial charge is 0.306 e. The van der Waals surface area contributed by atoms with Gasteiger partial charge in [-0.15, -0.1) is 5.92 Å². The fourth-order valence-electron chi connectivity index (χ4n) is 2.77. The highest BCUT2D eigenvalue weighted by Crippen LogP contribution is 2.29. The Morgan fingerprint density at radius 2 is 2.36 bits per heavy atom. The molecular weight excluding hydrogens is 276 g/mol.